The van der Waals surface area contributed by atoms with Crippen molar-refractivity contribution in [2.75, 3.05) is 18.1 Å². The number of hydrogen-bond donors (Lipinski definition) is 2. The minimum Gasteiger partial charge on any atom is -0.351 e. The van der Waals surface area contributed by atoms with E-state index in [9.17, 15) is 4.79 Å². The molecular formula is C12H15BrN2OS. The van der Waals surface area contributed by atoms with Crippen molar-refractivity contribution >= 4 is 33.6 Å². The highest BCUT2D eigenvalue weighted by atomic mass is 79.9. The molecule has 0 aliphatic carbocycles. The van der Waals surface area contributed by atoms with Crippen LogP contribution in [0.25, 0.3) is 0 Å². The molecule has 0 spiro atoms. The summed E-state index contributed by atoms with van der Waals surface area (Å²) in [6.07, 6.45) is 0. The first-order valence-electron chi connectivity index (χ1n) is 5.59. The van der Waals surface area contributed by atoms with Crippen molar-refractivity contribution in [1.82, 2.24) is 10.6 Å². The summed E-state index contributed by atoms with van der Waals surface area (Å²) >= 11 is 5.29. The molecule has 0 aromatic heterocycles. The Morgan fingerprint density at radius 2 is 2.35 bits per heavy atom. The molecule has 0 saturated carbocycles. The van der Waals surface area contributed by atoms with E-state index in [1.165, 1.54) is 0 Å². The van der Waals surface area contributed by atoms with Crippen LogP contribution in [0.2, 0.25) is 0 Å². The van der Waals surface area contributed by atoms with Gasteiger partial charge in [-0.15, -0.1) is 0 Å². The second-order valence-electron chi connectivity index (χ2n) is 3.89. The summed E-state index contributed by atoms with van der Waals surface area (Å²) in [5.74, 6) is 2.04. The summed E-state index contributed by atoms with van der Waals surface area (Å²) < 4.78 is 1.03. The molecule has 1 aromatic rings. The molecule has 5 heteroatoms. The van der Waals surface area contributed by atoms with Crippen LogP contribution in [-0.4, -0.2) is 30.0 Å². The fraction of sp³-hybridized carbons (Fsp3) is 0.417. The average Bonchev–Trinajstić information content (AvgIpc) is 2.38. The van der Waals surface area contributed by atoms with E-state index in [1.54, 1.807) is 0 Å². The third-order valence-electron chi connectivity index (χ3n) is 2.65. The Morgan fingerprint density at radius 1 is 1.53 bits per heavy atom. The highest BCUT2D eigenvalue weighted by Crippen LogP contribution is 2.15. The molecule has 2 rings (SSSR count). The Balaban J connectivity index is 1.85. The van der Waals surface area contributed by atoms with Crippen LogP contribution in [0.3, 0.4) is 0 Å². The maximum Gasteiger partial charge on any atom is 0.238 e. The molecule has 1 fully saturated rings. The van der Waals surface area contributed by atoms with E-state index >= 15 is 0 Å². The standard InChI is InChI=1S/C12H15BrN2OS/c13-10-4-2-1-3-9(10)7-15-12(16)11-8-17-6-5-14-11/h1-4,11,14H,5-8H2,(H,15,16). The quantitative estimate of drug-likeness (QED) is 0.893. The van der Waals surface area contributed by atoms with Crippen molar-refractivity contribution in [2.24, 2.45) is 0 Å². The van der Waals surface area contributed by atoms with E-state index in [0.29, 0.717) is 6.54 Å². The van der Waals surface area contributed by atoms with Gasteiger partial charge in [0.1, 0.15) is 0 Å². The third-order valence-corrected chi connectivity index (χ3v) is 4.48. The minimum absolute atomic E-state index is 0.0452. The van der Waals surface area contributed by atoms with Crippen molar-refractivity contribution in [1.29, 1.82) is 0 Å². The monoisotopic (exact) mass is 314 g/mol. The lowest BCUT2D eigenvalue weighted by molar-refractivity contribution is -0.122. The third kappa shape index (κ3) is 3.72. The summed E-state index contributed by atoms with van der Waals surface area (Å²) in [6, 6.07) is 7.88. The van der Waals surface area contributed by atoms with E-state index in [-0.39, 0.29) is 11.9 Å². The zero-order chi connectivity index (χ0) is 12.1. The second kappa shape index (κ2) is 6.42. The van der Waals surface area contributed by atoms with E-state index < -0.39 is 0 Å². The van der Waals surface area contributed by atoms with Crippen LogP contribution in [-0.2, 0) is 11.3 Å². The molecule has 0 radical (unpaired) electrons. The number of amides is 1. The number of hydrogen-bond acceptors (Lipinski definition) is 3. The van der Waals surface area contributed by atoms with Crippen LogP contribution in [0.15, 0.2) is 28.7 Å². The zero-order valence-electron chi connectivity index (χ0n) is 9.41. The van der Waals surface area contributed by atoms with Gasteiger partial charge >= 0.3 is 0 Å². The van der Waals surface area contributed by atoms with Crippen molar-refractivity contribution in [3.05, 3.63) is 34.3 Å². The summed E-state index contributed by atoms with van der Waals surface area (Å²) in [5, 5.41) is 6.19. The van der Waals surface area contributed by atoms with E-state index in [0.717, 1.165) is 28.1 Å². The number of halogens is 1. The second-order valence-corrected chi connectivity index (χ2v) is 5.90. The highest BCUT2D eigenvalue weighted by molar-refractivity contribution is 9.10. The molecular weight excluding hydrogens is 300 g/mol. The van der Waals surface area contributed by atoms with E-state index in [1.807, 2.05) is 36.0 Å². The summed E-state index contributed by atoms with van der Waals surface area (Å²) in [4.78, 5) is 11.9. The highest BCUT2D eigenvalue weighted by Gasteiger charge is 2.20. The number of carbonyl (C=O) groups is 1. The van der Waals surface area contributed by atoms with Gasteiger partial charge in [-0.2, -0.15) is 11.8 Å². The Hall–Kier alpha value is -0.520. The van der Waals surface area contributed by atoms with Crippen LogP contribution in [0.5, 0.6) is 0 Å². The molecule has 1 amide bonds. The summed E-state index contributed by atoms with van der Waals surface area (Å²) in [6.45, 7) is 1.49. The molecule has 1 atom stereocenters. The van der Waals surface area contributed by atoms with Gasteiger partial charge in [0, 0.05) is 29.1 Å². The normalized spacial score (nSPS) is 19.9. The minimum atomic E-state index is -0.0452. The zero-order valence-corrected chi connectivity index (χ0v) is 11.8. The number of thioether (sulfide) groups is 1. The molecule has 1 aromatic carbocycles. The first-order valence-corrected chi connectivity index (χ1v) is 7.54. The predicted molar refractivity (Wildman–Crippen MR) is 75.1 cm³/mol. The summed E-state index contributed by atoms with van der Waals surface area (Å²) in [7, 11) is 0. The number of rotatable bonds is 3. The smallest absolute Gasteiger partial charge is 0.238 e. The fourth-order valence-electron chi connectivity index (χ4n) is 1.68. The predicted octanol–water partition coefficient (Wildman–Crippen LogP) is 1.77. The van der Waals surface area contributed by atoms with Gasteiger partial charge in [0.25, 0.3) is 0 Å². The van der Waals surface area contributed by atoms with Gasteiger partial charge < -0.3 is 10.6 Å². The summed E-state index contributed by atoms with van der Waals surface area (Å²) in [5.41, 5.74) is 1.10. The maximum absolute atomic E-state index is 11.9. The van der Waals surface area contributed by atoms with Gasteiger partial charge in [-0.3, -0.25) is 4.79 Å². The molecule has 0 bridgehead atoms. The van der Waals surface area contributed by atoms with E-state index in [2.05, 4.69) is 26.6 Å². The molecule has 1 saturated heterocycles. The van der Waals surface area contributed by atoms with Gasteiger partial charge in [0.15, 0.2) is 0 Å². The van der Waals surface area contributed by atoms with Crippen molar-refractivity contribution in [2.45, 2.75) is 12.6 Å². The average molecular weight is 315 g/mol. The number of benzene rings is 1. The lowest BCUT2D eigenvalue weighted by Gasteiger charge is -2.22. The first kappa shape index (κ1) is 12.9. The van der Waals surface area contributed by atoms with Gasteiger partial charge in [0.05, 0.1) is 6.04 Å². The largest absolute Gasteiger partial charge is 0.351 e. The Morgan fingerprint density at radius 3 is 3.06 bits per heavy atom. The van der Waals surface area contributed by atoms with Crippen LogP contribution < -0.4 is 10.6 Å². The van der Waals surface area contributed by atoms with Crippen LogP contribution in [0.4, 0.5) is 0 Å². The van der Waals surface area contributed by atoms with Crippen molar-refractivity contribution in [3.8, 4) is 0 Å². The van der Waals surface area contributed by atoms with Gasteiger partial charge in [-0.1, -0.05) is 34.1 Å². The molecule has 1 heterocycles. The molecule has 17 heavy (non-hydrogen) atoms. The molecule has 2 N–H and O–H groups in total. The molecule has 1 aliphatic heterocycles. The van der Waals surface area contributed by atoms with Crippen LogP contribution in [0, 0.1) is 0 Å². The van der Waals surface area contributed by atoms with Gasteiger partial charge in [0.2, 0.25) is 5.91 Å². The van der Waals surface area contributed by atoms with E-state index in [4.69, 9.17) is 0 Å². The van der Waals surface area contributed by atoms with Crippen molar-refractivity contribution < 1.29 is 4.79 Å². The van der Waals surface area contributed by atoms with Gasteiger partial charge in [-0.05, 0) is 11.6 Å². The Kier molecular flexibility index (Phi) is 4.88. The van der Waals surface area contributed by atoms with Gasteiger partial charge in [-0.25, -0.2) is 0 Å². The Labute approximate surface area is 114 Å². The Bertz CT molecular complexity index is 394. The fourth-order valence-corrected chi connectivity index (χ4v) is 3.04. The lowest BCUT2D eigenvalue weighted by atomic mass is 10.2. The molecule has 1 unspecified atom stereocenters. The van der Waals surface area contributed by atoms with Crippen LogP contribution in [0.1, 0.15) is 5.56 Å². The molecule has 3 nitrogen and oxygen atoms in total. The number of carbonyl (C=O) groups excluding carboxylic acids is 1. The number of nitrogens with one attached hydrogen (secondary N) is 2. The SMILES string of the molecule is O=C(NCc1ccccc1Br)C1CSCCN1. The van der Waals surface area contributed by atoms with Crippen LogP contribution >= 0.6 is 27.7 Å². The van der Waals surface area contributed by atoms with Crippen molar-refractivity contribution in [3.63, 3.8) is 0 Å². The lowest BCUT2D eigenvalue weighted by Crippen LogP contribution is -2.48. The maximum atomic E-state index is 11.9. The molecule has 1 aliphatic rings. The topological polar surface area (TPSA) is 41.1 Å². The molecule has 92 valence electrons. The first-order chi connectivity index (χ1) is 8.27.